The summed E-state index contributed by atoms with van der Waals surface area (Å²) in [6.07, 6.45) is 0. The zero-order valence-corrected chi connectivity index (χ0v) is 17.6. The molecule has 0 N–H and O–H groups in total. The van der Waals surface area contributed by atoms with E-state index in [1.807, 2.05) is 0 Å². The summed E-state index contributed by atoms with van der Waals surface area (Å²) in [7, 11) is 0. The molecule has 5 rings (SSSR count). The lowest BCUT2D eigenvalue weighted by atomic mass is 9.82. The first-order chi connectivity index (χ1) is 14.0. The summed E-state index contributed by atoms with van der Waals surface area (Å²) >= 11 is 0. The number of hydrogen-bond donors (Lipinski definition) is 0. The second kappa shape index (κ2) is 6.46. The molecule has 0 aliphatic heterocycles. The van der Waals surface area contributed by atoms with Gasteiger partial charge in [0.05, 0.1) is 0 Å². The number of hydrogen-bond acceptors (Lipinski definition) is 0. The van der Waals surface area contributed by atoms with Gasteiger partial charge in [0.25, 0.3) is 0 Å². The molecule has 29 heavy (non-hydrogen) atoms. The minimum absolute atomic E-state index is 0.0353. The van der Waals surface area contributed by atoms with Crippen molar-refractivity contribution in [2.24, 2.45) is 0 Å². The highest BCUT2D eigenvalue weighted by Crippen LogP contribution is 2.52. The Hall–Kier alpha value is -3.12. The van der Waals surface area contributed by atoms with E-state index in [1.54, 1.807) is 0 Å². The van der Waals surface area contributed by atoms with Crippen LogP contribution in [0.4, 0.5) is 0 Å². The Balaban J connectivity index is 1.70. The van der Waals surface area contributed by atoms with Gasteiger partial charge in [0.1, 0.15) is 0 Å². The van der Waals surface area contributed by atoms with Crippen LogP contribution in [-0.4, -0.2) is 0 Å². The lowest BCUT2D eigenvalue weighted by molar-refractivity contribution is 0.660. The van der Waals surface area contributed by atoms with Crippen molar-refractivity contribution in [3.05, 3.63) is 107 Å². The first kappa shape index (κ1) is 17.9. The van der Waals surface area contributed by atoms with Gasteiger partial charge in [0, 0.05) is 5.41 Å². The Kier molecular flexibility index (Phi) is 3.99. The standard InChI is InChI=1S/C29H26/c1-19-15-16-22(17-20(19)2)21-9-7-10-23(18-21)24-12-8-14-27-28(24)25-11-5-6-13-26(25)29(27,3)4/h5-18H,1-4H3. The molecule has 4 aromatic rings. The molecular weight excluding hydrogens is 348 g/mol. The lowest BCUT2D eigenvalue weighted by Gasteiger charge is -2.21. The van der Waals surface area contributed by atoms with Crippen LogP contribution in [0.1, 0.15) is 36.1 Å². The Bertz CT molecular complexity index is 1240. The molecule has 0 fully saturated rings. The predicted octanol–water partition coefficient (Wildman–Crippen LogP) is 7.94. The van der Waals surface area contributed by atoms with Crippen molar-refractivity contribution in [3.8, 4) is 33.4 Å². The van der Waals surface area contributed by atoms with Crippen LogP contribution >= 0.6 is 0 Å². The van der Waals surface area contributed by atoms with Crippen LogP contribution in [0.3, 0.4) is 0 Å². The summed E-state index contributed by atoms with van der Waals surface area (Å²) in [6, 6.07) is 31.4. The van der Waals surface area contributed by atoms with Gasteiger partial charge in [-0.1, -0.05) is 92.7 Å². The maximum atomic E-state index is 2.34. The van der Waals surface area contributed by atoms with Crippen LogP contribution < -0.4 is 0 Å². The second-order valence-corrected chi connectivity index (χ2v) is 8.78. The van der Waals surface area contributed by atoms with E-state index in [-0.39, 0.29) is 5.41 Å². The molecule has 0 atom stereocenters. The number of benzene rings is 4. The molecule has 142 valence electrons. The minimum Gasteiger partial charge on any atom is -0.0619 e. The number of fused-ring (bicyclic) bond motifs is 3. The topological polar surface area (TPSA) is 0 Å². The van der Waals surface area contributed by atoms with Crippen LogP contribution in [0.15, 0.2) is 84.9 Å². The van der Waals surface area contributed by atoms with E-state index < -0.39 is 0 Å². The van der Waals surface area contributed by atoms with E-state index in [9.17, 15) is 0 Å². The van der Waals surface area contributed by atoms with Crippen molar-refractivity contribution in [3.63, 3.8) is 0 Å². The third-order valence-corrected chi connectivity index (χ3v) is 6.62. The molecule has 0 saturated heterocycles. The van der Waals surface area contributed by atoms with Crippen LogP contribution in [-0.2, 0) is 5.41 Å². The number of aryl methyl sites for hydroxylation is 2. The Labute approximate surface area is 173 Å². The van der Waals surface area contributed by atoms with Crippen molar-refractivity contribution in [1.29, 1.82) is 0 Å². The summed E-state index contributed by atoms with van der Waals surface area (Å²) in [4.78, 5) is 0. The molecule has 0 amide bonds. The van der Waals surface area contributed by atoms with Gasteiger partial charge in [-0.05, 0) is 75.5 Å². The highest BCUT2D eigenvalue weighted by Gasteiger charge is 2.36. The number of rotatable bonds is 2. The Morgan fingerprint density at radius 2 is 1.17 bits per heavy atom. The summed E-state index contributed by atoms with van der Waals surface area (Å²) in [5.74, 6) is 0. The van der Waals surface area contributed by atoms with Gasteiger partial charge < -0.3 is 0 Å². The fourth-order valence-electron chi connectivity index (χ4n) is 4.78. The average molecular weight is 375 g/mol. The summed E-state index contributed by atoms with van der Waals surface area (Å²) < 4.78 is 0. The highest BCUT2D eigenvalue weighted by atomic mass is 14.4. The molecular formula is C29H26. The summed E-state index contributed by atoms with van der Waals surface area (Å²) in [5.41, 5.74) is 13.5. The highest BCUT2D eigenvalue weighted by molar-refractivity contribution is 5.93. The van der Waals surface area contributed by atoms with Crippen molar-refractivity contribution in [2.45, 2.75) is 33.1 Å². The molecule has 1 aliphatic rings. The normalized spacial score (nSPS) is 13.8. The monoisotopic (exact) mass is 374 g/mol. The molecule has 0 spiro atoms. The van der Waals surface area contributed by atoms with Gasteiger partial charge in [-0.25, -0.2) is 0 Å². The molecule has 1 aliphatic carbocycles. The van der Waals surface area contributed by atoms with Gasteiger partial charge in [-0.15, -0.1) is 0 Å². The molecule has 0 heterocycles. The third kappa shape index (κ3) is 2.75. The molecule has 0 aromatic heterocycles. The van der Waals surface area contributed by atoms with Crippen molar-refractivity contribution in [2.75, 3.05) is 0 Å². The fourth-order valence-corrected chi connectivity index (χ4v) is 4.78. The van der Waals surface area contributed by atoms with Crippen LogP contribution in [0, 0.1) is 13.8 Å². The maximum absolute atomic E-state index is 2.34. The van der Waals surface area contributed by atoms with E-state index in [0.29, 0.717) is 0 Å². The molecule has 0 bridgehead atoms. The smallest absolute Gasteiger partial charge is 0.0159 e. The predicted molar refractivity (Wildman–Crippen MR) is 124 cm³/mol. The average Bonchev–Trinajstić information content (AvgIpc) is 2.98. The van der Waals surface area contributed by atoms with Crippen LogP contribution in [0.25, 0.3) is 33.4 Å². The summed E-state index contributed by atoms with van der Waals surface area (Å²) in [5, 5.41) is 0. The molecule has 0 nitrogen and oxygen atoms in total. The first-order valence-corrected chi connectivity index (χ1v) is 10.4. The largest absolute Gasteiger partial charge is 0.0619 e. The van der Waals surface area contributed by atoms with E-state index in [4.69, 9.17) is 0 Å². The van der Waals surface area contributed by atoms with E-state index in [2.05, 4.69) is 113 Å². The Morgan fingerprint density at radius 1 is 0.517 bits per heavy atom. The van der Waals surface area contributed by atoms with Crippen molar-refractivity contribution in [1.82, 2.24) is 0 Å². The van der Waals surface area contributed by atoms with Crippen LogP contribution in [0.2, 0.25) is 0 Å². The molecule has 0 radical (unpaired) electrons. The fraction of sp³-hybridized carbons (Fsp3) is 0.172. The minimum atomic E-state index is 0.0353. The van der Waals surface area contributed by atoms with E-state index in [1.165, 1.54) is 55.6 Å². The zero-order valence-electron chi connectivity index (χ0n) is 17.6. The van der Waals surface area contributed by atoms with Gasteiger partial charge in [0.2, 0.25) is 0 Å². The van der Waals surface area contributed by atoms with Gasteiger partial charge in [-0.2, -0.15) is 0 Å². The molecule has 0 unspecified atom stereocenters. The lowest BCUT2D eigenvalue weighted by Crippen LogP contribution is -2.14. The SMILES string of the molecule is Cc1ccc(-c2cccc(-c3cccc4c3-c3ccccc3C4(C)C)c2)cc1C. The molecule has 4 aromatic carbocycles. The first-order valence-electron chi connectivity index (χ1n) is 10.4. The van der Waals surface area contributed by atoms with Crippen molar-refractivity contribution < 1.29 is 0 Å². The third-order valence-electron chi connectivity index (χ3n) is 6.62. The van der Waals surface area contributed by atoms with Gasteiger partial charge in [0.15, 0.2) is 0 Å². The van der Waals surface area contributed by atoms with Gasteiger partial charge >= 0.3 is 0 Å². The summed E-state index contributed by atoms with van der Waals surface area (Å²) in [6.45, 7) is 9.04. The molecule has 0 heteroatoms. The quantitative estimate of drug-likeness (QED) is 0.334. The zero-order chi connectivity index (χ0) is 20.2. The van der Waals surface area contributed by atoms with E-state index >= 15 is 0 Å². The van der Waals surface area contributed by atoms with E-state index in [0.717, 1.165) is 0 Å². The second-order valence-electron chi connectivity index (χ2n) is 8.78. The van der Waals surface area contributed by atoms with Crippen molar-refractivity contribution >= 4 is 0 Å². The Morgan fingerprint density at radius 3 is 2.00 bits per heavy atom. The van der Waals surface area contributed by atoms with Crippen LogP contribution in [0.5, 0.6) is 0 Å². The maximum Gasteiger partial charge on any atom is 0.0159 e. The van der Waals surface area contributed by atoms with Gasteiger partial charge in [-0.3, -0.25) is 0 Å². The molecule has 0 saturated carbocycles.